The Kier molecular flexibility index (Phi) is 1.32. The van der Waals surface area contributed by atoms with E-state index in [0.29, 0.717) is 0 Å². The fraction of sp³-hybridized carbons (Fsp3) is 0.600. The summed E-state index contributed by atoms with van der Waals surface area (Å²) >= 11 is 0. The average Bonchev–Trinajstić information content (AvgIpc) is 1.69. The summed E-state index contributed by atoms with van der Waals surface area (Å²) in [7, 11) is 2.03. The van der Waals surface area contributed by atoms with E-state index in [1.807, 2.05) is 13.2 Å². The molecule has 0 atom stereocenters. The van der Waals surface area contributed by atoms with Gasteiger partial charge in [-0.2, -0.15) is 0 Å². The maximum Gasteiger partial charge on any atom is 0.0210 e. The minimum Gasteiger partial charge on any atom is -0.327 e. The van der Waals surface area contributed by atoms with Crippen LogP contribution in [0.4, 0.5) is 0 Å². The largest absolute Gasteiger partial charge is 0.327 e. The lowest BCUT2D eigenvalue weighted by atomic mass is 10.4. The molecule has 2 nitrogen and oxygen atoms in total. The Morgan fingerprint density at radius 1 is 1.71 bits per heavy atom. The lowest BCUT2D eigenvalue weighted by Gasteiger charge is -2.18. The Labute approximate surface area is 43.8 Å². The number of hydrogen-bond acceptors (Lipinski definition) is 2. The van der Waals surface area contributed by atoms with Crippen LogP contribution in [0.15, 0.2) is 12.3 Å². The molecule has 0 fully saturated rings. The molecule has 0 aromatic rings. The molecule has 0 saturated carbocycles. The van der Waals surface area contributed by atoms with Crippen LogP contribution in [-0.4, -0.2) is 18.6 Å². The van der Waals surface area contributed by atoms with Crippen molar-refractivity contribution in [1.82, 2.24) is 10.4 Å². The molecule has 1 aliphatic heterocycles. The van der Waals surface area contributed by atoms with Gasteiger partial charge in [0.25, 0.3) is 0 Å². The maximum absolute atomic E-state index is 3.03. The fourth-order valence-electron chi connectivity index (χ4n) is 0.596. The third-order valence-electron chi connectivity index (χ3n) is 1.04. The number of hydrazine groups is 1. The van der Waals surface area contributed by atoms with Crippen LogP contribution < -0.4 is 5.43 Å². The van der Waals surface area contributed by atoms with Crippen molar-refractivity contribution in [1.29, 1.82) is 0 Å². The van der Waals surface area contributed by atoms with Crippen molar-refractivity contribution < 1.29 is 0 Å². The lowest BCUT2D eigenvalue weighted by molar-refractivity contribution is 0.270. The standard InChI is InChI=1S/C5H10N2/c1-7-5-3-2-4-6-7/h2,4,6H,3,5H2,1H3. The molecule has 0 aliphatic carbocycles. The molecule has 0 bridgehead atoms. The zero-order valence-corrected chi connectivity index (χ0v) is 4.52. The first-order chi connectivity index (χ1) is 3.39. The predicted molar refractivity (Wildman–Crippen MR) is 29.5 cm³/mol. The van der Waals surface area contributed by atoms with Crippen LogP contribution in [-0.2, 0) is 0 Å². The molecule has 0 amide bonds. The first kappa shape index (κ1) is 4.65. The first-order valence-electron chi connectivity index (χ1n) is 2.52. The van der Waals surface area contributed by atoms with Crippen molar-refractivity contribution >= 4 is 0 Å². The smallest absolute Gasteiger partial charge is 0.0210 e. The van der Waals surface area contributed by atoms with Gasteiger partial charge in [0, 0.05) is 19.8 Å². The van der Waals surface area contributed by atoms with Crippen molar-refractivity contribution in [2.24, 2.45) is 0 Å². The van der Waals surface area contributed by atoms with E-state index in [9.17, 15) is 0 Å². The van der Waals surface area contributed by atoms with Gasteiger partial charge in [0.2, 0.25) is 0 Å². The highest BCUT2D eigenvalue weighted by Crippen LogP contribution is 1.89. The SMILES string of the molecule is CN1CCC=CN1. The quantitative estimate of drug-likeness (QED) is 0.470. The Hall–Kier alpha value is -0.500. The summed E-state index contributed by atoms with van der Waals surface area (Å²) in [5.74, 6) is 0. The summed E-state index contributed by atoms with van der Waals surface area (Å²) in [4.78, 5) is 0. The molecule has 0 saturated heterocycles. The maximum atomic E-state index is 3.03. The summed E-state index contributed by atoms with van der Waals surface area (Å²) in [6, 6.07) is 0. The lowest BCUT2D eigenvalue weighted by Crippen LogP contribution is -2.32. The van der Waals surface area contributed by atoms with Gasteiger partial charge in [-0.05, 0) is 6.42 Å². The topological polar surface area (TPSA) is 15.3 Å². The van der Waals surface area contributed by atoms with Crippen molar-refractivity contribution in [3.05, 3.63) is 12.3 Å². The second-order valence-corrected chi connectivity index (χ2v) is 1.74. The first-order valence-corrected chi connectivity index (χ1v) is 2.52. The third-order valence-corrected chi connectivity index (χ3v) is 1.04. The van der Waals surface area contributed by atoms with Gasteiger partial charge in [0.15, 0.2) is 0 Å². The fourth-order valence-corrected chi connectivity index (χ4v) is 0.596. The van der Waals surface area contributed by atoms with Crippen LogP contribution in [0.2, 0.25) is 0 Å². The molecule has 1 heterocycles. The van der Waals surface area contributed by atoms with E-state index in [1.165, 1.54) is 6.42 Å². The van der Waals surface area contributed by atoms with Crippen LogP contribution in [0.3, 0.4) is 0 Å². The summed E-state index contributed by atoms with van der Waals surface area (Å²) in [6.45, 7) is 1.12. The van der Waals surface area contributed by atoms with Crippen LogP contribution in [0.25, 0.3) is 0 Å². The van der Waals surface area contributed by atoms with Crippen LogP contribution in [0.5, 0.6) is 0 Å². The molecular weight excluding hydrogens is 88.1 g/mol. The van der Waals surface area contributed by atoms with Crippen molar-refractivity contribution in [3.63, 3.8) is 0 Å². The molecule has 7 heavy (non-hydrogen) atoms. The molecule has 0 unspecified atom stereocenters. The normalized spacial score (nSPS) is 21.9. The number of hydrogen-bond donors (Lipinski definition) is 1. The van der Waals surface area contributed by atoms with Gasteiger partial charge in [-0.3, -0.25) is 0 Å². The zero-order valence-electron chi connectivity index (χ0n) is 4.52. The van der Waals surface area contributed by atoms with Crippen LogP contribution in [0.1, 0.15) is 6.42 Å². The molecule has 40 valence electrons. The van der Waals surface area contributed by atoms with Gasteiger partial charge in [0.05, 0.1) is 0 Å². The molecule has 0 spiro atoms. The van der Waals surface area contributed by atoms with Gasteiger partial charge in [-0.15, -0.1) is 0 Å². The highest BCUT2D eigenvalue weighted by atomic mass is 15.5. The molecular formula is C5H10N2. The Morgan fingerprint density at radius 2 is 2.57 bits per heavy atom. The number of nitrogens with zero attached hydrogens (tertiary/aromatic N) is 1. The van der Waals surface area contributed by atoms with Gasteiger partial charge < -0.3 is 5.43 Å². The summed E-state index contributed by atoms with van der Waals surface area (Å²) < 4.78 is 0. The Bertz CT molecular complexity index is 78.1. The minimum atomic E-state index is 1.12. The highest BCUT2D eigenvalue weighted by Gasteiger charge is 1.94. The third kappa shape index (κ3) is 1.20. The van der Waals surface area contributed by atoms with Gasteiger partial charge in [0.1, 0.15) is 0 Å². The van der Waals surface area contributed by atoms with E-state index in [0.717, 1.165) is 6.54 Å². The van der Waals surface area contributed by atoms with E-state index in [1.54, 1.807) is 0 Å². The Balaban J connectivity index is 2.32. The monoisotopic (exact) mass is 98.1 g/mol. The van der Waals surface area contributed by atoms with E-state index in [4.69, 9.17) is 0 Å². The molecule has 0 radical (unpaired) electrons. The molecule has 1 aliphatic rings. The molecule has 2 heteroatoms. The van der Waals surface area contributed by atoms with Crippen molar-refractivity contribution in [2.75, 3.05) is 13.6 Å². The van der Waals surface area contributed by atoms with Crippen molar-refractivity contribution in [2.45, 2.75) is 6.42 Å². The summed E-state index contributed by atoms with van der Waals surface area (Å²) in [5, 5.41) is 2.06. The second kappa shape index (κ2) is 1.98. The van der Waals surface area contributed by atoms with Gasteiger partial charge in [-0.25, -0.2) is 5.01 Å². The highest BCUT2D eigenvalue weighted by molar-refractivity contribution is 4.82. The number of nitrogens with one attached hydrogen (secondary N) is 1. The Morgan fingerprint density at radius 3 is 2.86 bits per heavy atom. The van der Waals surface area contributed by atoms with E-state index < -0.39 is 0 Å². The van der Waals surface area contributed by atoms with Crippen LogP contribution >= 0.6 is 0 Å². The van der Waals surface area contributed by atoms with E-state index >= 15 is 0 Å². The second-order valence-electron chi connectivity index (χ2n) is 1.74. The zero-order chi connectivity index (χ0) is 5.11. The van der Waals surface area contributed by atoms with E-state index in [2.05, 4.69) is 16.5 Å². The molecule has 0 aromatic heterocycles. The average molecular weight is 98.1 g/mol. The summed E-state index contributed by atoms with van der Waals surface area (Å²) in [5.41, 5.74) is 3.03. The molecule has 1 N–H and O–H groups in total. The summed E-state index contributed by atoms with van der Waals surface area (Å²) in [6.07, 6.45) is 5.26. The molecule has 1 rings (SSSR count). The van der Waals surface area contributed by atoms with Crippen molar-refractivity contribution in [3.8, 4) is 0 Å². The van der Waals surface area contributed by atoms with Gasteiger partial charge >= 0.3 is 0 Å². The van der Waals surface area contributed by atoms with Crippen LogP contribution in [0, 0.1) is 0 Å². The number of rotatable bonds is 0. The predicted octanol–water partition coefficient (Wildman–Crippen LogP) is 0.340. The minimum absolute atomic E-state index is 1.12. The van der Waals surface area contributed by atoms with Gasteiger partial charge in [-0.1, -0.05) is 6.08 Å². The van der Waals surface area contributed by atoms with E-state index in [-0.39, 0.29) is 0 Å². The molecule has 0 aromatic carbocycles.